The van der Waals surface area contributed by atoms with E-state index in [1.165, 1.54) is 4.90 Å². The Labute approximate surface area is 187 Å². The van der Waals surface area contributed by atoms with E-state index < -0.39 is 6.09 Å². The van der Waals surface area contributed by atoms with Gasteiger partial charge in [-0.25, -0.2) is 4.79 Å². The first-order chi connectivity index (χ1) is 15.7. The molecule has 0 bridgehead atoms. The molecule has 0 heterocycles. The SMILES string of the molecule is CN(C(=O)OCc1ccccc1)c1c(OCc2ccccc2)ccc2c1CCCC2=NO. The van der Waals surface area contributed by atoms with Crippen LogP contribution in [-0.4, -0.2) is 24.1 Å². The molecule has 0 aromatic heterocycles. The molecule has 32 heavy (non-hydrogen) atoms. The number of benzene rings is 3. The first kappa shape index (κ1) is 21.4. The molecule has 3 aromatic rings. The fraction of sp³-hybridized carbons (Fsp3) is 0.231. The van der Waals surface area contributed by atoms with Crippen molar-refractivity contribution in [3.8, 4) is 5.75 Å². The van der Waals surface area contributed by atoms with E-state index in [2.05, 4.69) is 5.16 Å². The molecule has 1 aliphatic rings. The van der Waals surface area contributed by atoms with Gasteiger partial charge in [0.15, 0.2) is 0 Å². The summed E-state index contributed by atoms with van der Waals surface area (Å²) in [7, 11) is 1.68. The Kier molecular flexibility index (Phi) is 6.70. The number of fused-ring (bicyclic) bond motifs is 1. The predicted molar refractivity (Wildman–Crippen MR) is 124 cm³/mol. The summed E-state index contributed by atoms with van der Waals surface area (Å²) in [6.45, 7) is 0.559. The lowest BCUT2D eigenvalue weighted by Gasteiger charge is -2.27. The summed E-state index contributed by atoms with van der Waals surface area (Å²) in [4.78, 5) is 14.4. The van der Waals surface area contributed by atoms with Gasteiger partial charge in [-0.05, 0) is 48.1 Å². The van der Waals surface area contributed by atoms with Crippen molar-refractivity contribution in [1.29, 1.82) is 0 Å². The van der Waals surface area contributed by atoms with Gasteiger partial charge in [-0.1, -0.05) is 65.8 Å². The predicted octanol–water partition coefficient (Wildman–Crippen LogP) is 5.55. The zero-order chi connectivity index (χ0) is 22.3. The Bertz CT molecular complexity index is 1100. The molecule has 1 N–H and O–H groups in total. The van der Waals surface area contributed by atoms with Crippen LogP contribution >= 0.6 is 0 Å². The van der Waals surface area contributed by atoms with Gasteiger partial charge in [-0.3, -0.25) is 4.90 Å². The zero-order valence-electron chi connectivity index (χ0n) is 18.0. The quantitative estimate of drug-likeness (QED) is 0.411. The average molecular weight is 431 g/mol. The molecular weight excluding hydrogens is 404 g/mol. The van der Waals surface area contributed by atoms with Crippen molar-refractivity contribution in [2.45, 2.75) is 32.5 Å². The summed E-state index contributed by atoms with van der Waals surface area (Å²) >= 11 is 0. The lowest BCUT2D eigenvalue weighted by Crippen LogP contribution is -2.30. The van der Waals surface area contributed by atoms with Crippen LogP contribution in [0.25, 0.3) is 0 Å². The highest BCUT2D eigenvalue weighted by Crippen LogP contribution is 2.39. The van der Waals surface area contributed by atoms with E-state index in [1.807, 2.05) is 72.8 Å². The maximum absolute atomic E-state index is 12.9. The van der Waals surface area contributed by atoms with Crippen LogP contribution in [0.2, 0.25) is 0 Å². The zero-order valence-corrected chi connectivity index (χ0v) is 18.0. The van der Waals surface area contributed by atoms with Gasteiger partial charge >= 0.3 is 6.09 Å². The molecule has 0 saturated carbocycles. The number of ether oxygens (including phenoxy) is 2. The van der Waals surface area contributed by atoms with Gasteiger partial charge < -0.3 is 14.7 Å². The molecule has 6 nitrogen and oxygen atoms in total. The van der Waals surface area contributed by atoms with Crippen LogP contribution in [0.3, 0.4) is 0 Å². The lowest BCUT2D eigenvalue weighted by molar-refractivity contribution is 0.148. The van der Waals surface area contributed by atoms with Crippen LogP contribution in [0.5, 0.6) is 5.75 Å². The molecule has 0 saturated heterocycles. The highest BCUT2D eigenvalue weighted by Gasteiger charge is 2.27. The van der Waals surface area contributed by atoms with Crippen molar-refractivity contribution in [1.82, 2.24) is 0 Å². The normalized spacial score (nSPS) is 14.0. The van der Waals surface area contributed by atoms with Gasteiger partial charge in [0.2, 0.25) is 0 Å². The summed E-state index contributed by atoms with van der Waals surface area (Å²) in [6.07, 6.45) is 1.80. The van der Waals surface area contributed by atoms with Gasteiger partial charge in [0, 0.05) is 12.6 Å². The van der Waals surface area contributed by atoms with E-state index in [0.717, 1.165) is 35.1 Å². The molecule has 0 atom stereocenters. The van der Waals surface area contributed by atoms with Crippen molar-refractivity contribution in [2.75, 3.05) is 11.9 Å². The highest BCUT2D eigenvalue weighted by molar-refractivity contribution is 6.05. The number of amides is 1. The molecular formula is C26H26N2O4. The Balaban J connectivity index is 1.62. The molecule has 0 unspecified atom stereocenters. The molecule has 0 fully saturated rings. The molecule has 1 aliphatic carbocycles. The van der Waals surface area contributed by atoms with E-state index in [1.54, 1.807) is 7.05 Å². The summed E-state index contributed by atoms with van der Waals surface area (Å²) < 4.78 is 11.7. The number of hydrogen-bond donors (Lipinski definition) is 1. The number of carbonyl (C=O) groups excluding carboxylic acids is 1. The first-order valence-electron chi connectivity index (χ1n) is 10.7. The van der Waals surface area contributed by atoms with Crippen molar-refractivity contribution in [3.05, 3.63) is 95.1 Å². The lowest BCUT2D eigenvalue weighted by atomic mass is 9.88. The molecule has 4 rings (SSSR count). The summed E-state index contributed by atoms with van der Waals surface area (Å²) in [5.41, 5.74) is 4.98. The van der Waals surface area contributed by atoms with Gasteiger partial charge in [0.05, 0.1) is 11.4 Å². The van der Waals surface area contributed by atoms with E-state index in [-0.39, 0.29) is 6.61 Å². The summed E-state index contributed by atoms with van der Waals surface area (Å²) in [5, 5.41) is 12.9. The maximum Gasteiger partial charge on any atom is 0.414 e. The average Bonchev–Trinajstić information content (AvgIpc) is 2.86. The molecule has 3 aromatic carbocycles. The molecule has 0 aliphatic heterocycles. The van der Waals surface area contributed by atoms with E-state index in [9.17, 15) is 10.0 Å². The minimum absolute atomic E-state index is 0.183. The Morgan fingerprint density at radius 3 is 2.25 bits per heavy atom. The fourth-order valence-electron chi connectivity index (χ4n) is 3.94. The number of oxime groups is 1. The molecule has 164 valence electrons. The minimum atomic E-state index is -0.472. The van der Waals surface area contributed by atoms with Gasteiger partial charge in [-0.2, -0.15) is 0 Å². The standard InChI is InChI=1S/C26H26N2O4/c1-28(26(29)32-18-20-11-6-3-7-12-20)25-22-13-8-14-23(27-30)21(22)15-16-24(25)31-17-19-9-4-2-5-10-19/h2-7,9-12,15-16,30H,8,13-14,17-18H2,1H3. The molecule has 1 amide bonds. The monoisotopic (exact) mass is 430 g/mol. The number of hydrogen-bond acceptors (Lipinski definition) is 5. The second-order valence-electron chi connectivity index (χ2n) is 7.71. The van der Waals surface area contributed by atoms with Crippen LogP contribution in [0, 0.1) is 0 Å². The van der Waals surface area contributed by atoms with Crippen molar-refractivity contribution in [2.24, 2.45) is 5.16 Å². The van der Waals surface area contributed by atoms with Gasteiger partial charge in [0.25, 0.3) is 0 Å². The second-order valence-corrected chi connectivity index (χ2v) is 7.71. The third kappa shape index (κ3) is 4.75. The number of rotatable bonds is 6. The van der Waals surface area contributed by atoms with E-state index in [0.29, 0.717) is 30.2 Å². The minimum Gasteiger partial charge on any atom is -0.487 e. The Morgan fingerprint density at radius 1 is 0.938 bits per heavy atom. The van der Waals surface area contributed by atoms with Gasteiger partial charge in [0.1, 0.15) is 19.0 Å². The molecule has 0 spiro atoms. The second kappa shape index (κ2) is 10.0. The van der Waals surface area contributed by atoms with Crippen LogP contribution in [0.1, 0.15) is 35.1 Å². The number of anilines is 1. The first-order valence-corrected chi connectivity index (χ1v) is 10.7. The molecule has 6 heteroatoms. The Hall–Kier alpha value is -3.80. The van der Waals surface area contributed by atoms with E-state index >= 15 is 0 Å². The van der Waals surface area contributed by atoms with Crippen LogP contribution in [0.15, 0.2) is 78.0 Å². The van der Waals surface area contributed by atoms with Crippen LogP contribution in [-0.2, 0) is 24.4 Å². The van der Waals surface area contributed by atoms with Crippen LogP contribution in [0.4, 0.5) is 10.5 Å². The summed E-state index contributed by atoms with van der Waals surface area (Å²) in [5.74, 6) is 0.589. The number of carbonyl (C=O) groups is 1. The summed E-state index contributed by atoms with van der Waals surface area (Å²) in [6, 6.07) is 23.2. The van der Waals surface area contributed by atoms with Gasteiger partial charge in [-0.15, -0.1) is 0 Å². The topological polar surface area (TPSA) is 71.4 Å². The largest absolute Gasteiger partial charge is 0.487 e. The van der Waals surface area contributed by atoms with Crippen molar-refractivity contribution >= 4 is 17.5 Å². The van der Waals surface area contributed by atoms with Crippen molar-refractivity contribution < 1.29 is 19.5 Å². The molecule has 0 radical (unpaired) electrons. The van der Waals surface area contributed by atoms with Crippen LogP contribution < -0.4 is 9.64 Å². The highest BCUT2D eigenvalue weighted by atomic mass is 16.6. The Morgan fingerprint density at radius 2 is 1.59 bits per heavy atom. The smallest absolute Gasteiger partial charge is 0.414 e. The van der Waals surface area contributed by atoms with Crippen molar-refractivity contribution in [3.63, 3.8) is 0 Å². The third-order valence-corrected chi connectivity index (χ3v) is 5.57. The maximum atomic E-state index is 12.9. The third-order valence-electron chi connectivity index (χ3n) is 5.57. The number of nitrogens with zero attached hydrogens (tertiary/aromatic N) is 2. The fourth-order valence-corrected chi connectivity index (χ4v) is 3.94. The van der Waals surface area contributed by atoms with E-state index in [4.69, 9.17) is 9.47 Å².